The molecule has 0 amide bonds. The van der Waals surface area contributed by atoms with Crippen molar-refractivity contribution in [1.82, 2.24) is 5.32 Å². The first kappa shape index (κ1) is 12.0. The first-order valence-corrected chi connectivity index (χ1v) is 4.86. The van der Waals surface area contributed by atoms with Gasteiger partial charge in [-0.2, -0.15) is 0 Å². The first-order valence-electron chi connectivity index (χ1n) is 4.86. The van der Waals surface area contributed by atoms with Gasteiger partial charge < -0.3 is 20.6 Å². The maximum Gasteiger partial charge on any atom is 0.120 e. The number of aliphatic hydroxyl groups is 2. The fourth-order valence-corrected chi connectivity index (χ4v) is 1.18. The molecule has 0 radical (unpaired) electrons. The van der Waals surface area contributed by atoms with Crippen molar-refractivity contribution >= 4 is 0 Å². The van der Waals surface area contributed by atoms with E-state index in [0.717, 1.165) is 5.56 Å². The van der Waals surface area contributed by atoms with E-state index in [0.29, 0.717) is 6.54 Å². The van der Waals surface area contributed by atoms with E-state index in [1.165, 1.54) is 0 Å². The Morgan fingerprint density at radius 3 is 2.60 bits per heavy atom. The van der Waals surface area contributed by atoms with Crippen LogP contribution < -0.4 is 5.32 Å². The number of aliphatic hydroxyl groups excluding tert-OH is 1. The van der Waals surface area contributed by atoms with Gasteiger partial charge in [0.15, 0.2) is 0 Å². The fourth-order valence-electron chi connectivity index (χ4n) is 1.18. The monoisotopic (exact) mass is 211 g/mol. The molecular formula is C11H17NO3. The normalized spacial score (nSPS) is 14.9. The summed E-state index contributed by atoms with van der Waals surface area (Å²) in [6, 6.07) is 7.00. The van der Waals surface area contributed by atoms with Gasteiger partial charge in [-0.05, 0) is 13.0 Å². The Hall–Kier alpha value is -1.10. The molecule has 0 bridgehead atoms. The van der Waals surface area contributed by atoms with Crippen LogP contribution in [0.2, 0.25) is 0 Å². The Morgan fingerprint density at radius 1 is 1.33 bits per heavy atom. The van der Waals surface area contributed by atoms with Crippen LogP contribution in [0.5, 0.6) is 5.75 Å². The van der Waals surface area contributed by atoms with E-state index in [9.17, 15) is 10.2 Å². The lowest BCUT2D eigenvalue weighted by atomic mass is 10.1. The summed E-state index contributed by atoms with van der Waals surface area (Å²) in [5, 5.41) is 30.7. The van der Waals surface area contributed by atoms with Crippen LogP contribution >= 0.6 is 0 Å². The molecule has 1 unspecified atom stereocenters. The highest BCUT2D eigenvalue weighted by atomic mass is 16.3. The number of rotatable bonds is 5. The molecule has 0 heterocycles. The van der Waals surface area contributed by atoms with Gasteiger partial charge in [0.2, 0.25) is 0 Å². The van der Waals surface area contributed by atoms with Gasteiger partial charge in [-0.3, -0.25) is 0 Å². The molecule has 1 atom stereocenters. The number of aromatic hydroxyl groups is 1. The van der Waals surface area contributed by atoms with Gasteiger partial charge in [-0.25, -0.2) is 0 Å². The number of hydrogen-bond donors (Lipinski definition) is 4. The standard InChI is InChI=1S/C11H17NO3/c1-11(15,8-13)7-12-6-9-4-2-3-5-10(9)14/h2-5,12-15H,6-8H2,1H3. The Morgan fingerprint density at radius 2 is 2.00 bits per heavy atom. The Balaban J connectivity index is 2.42. The maximum atomic E-state index is 9.50. The summed E-state index contributed by atoms with van der Waals surface area (Å²) >= 11 is 0. The second kappa shape index (κ2) is 5.11. The van der Waals surface area contributed by atoms with Crippen molar-refractivity contribution in [3.63, 3.8) is 0 Å². The third kappa shape index (κ3) is 3.87. The smallest absolute Gasteiger partial charge is 0.120 e. The van der Waals surface area contributed by atoms with Crippen molar-refractivity contribution in [2.75, 3.05) is 13.2 Å². The highest BCUT2D eigenvalue weighted by Gasteiger charge is 2.17. The highest BCUT2D eigenvalue weighted by Crippen LogP contribution is 2.14. The van der Waals surface area contributed by atoms with Crippen molar-refractivity contribution in [3.8, 4) is 5.75 Å². The summed E-state index contributed by atoms with van der Waals surface area (Å²) < 4.78 is 0. The van der Waals surface area contributed by atoms with Crippen molar-refractivity contribution in [2.24, 2.45) is 0 Å². The highest BCUT2D eigenvalue weighted by molar-refractivity contribution is 5.31. The van der Waals surface area contributed by atoms with Gasteiger partial charge >= 0.3 is 0 Å². The average Bonchev–Trinajstić information content (AvgIpc) is 2.21. The third-order valence-corrected chi connectivity index (χ3v) is 2.15. The molecule has 4 heteroatoms. The van der Waals surface area contributed by atoms with Crippen LogP contribution in [0.3, 0.4) is 0 Å². The topological polar surface area (TPSA) is 72.7 Å². The van der Waals surface area contributed by atoms with Crippen molar-refractivity contribution in [3.05, 3.63) is 29.8 Å². The Labute approximate surface area is 89.2 Å². The van der Waals surface area contributed by atoms with E-state index in [2.05, 4.69) is 5.32 Å². The van der Waals surface area contributed by atoms with Crippen LogP contribution in [-0.4, -0.2) is 34.1 Å². The second-order valence-electron chi connectivity index (χ2n) is 3.89. The molecule has 0 fully saturated rings. The van der Waals surface area contributed by atoms with Gasteiger partial charge in [0.1, 0.15) is 5.75 Å². The second-order valence-corrected chi connectivity index (χ2v) is 3.89. The van der Waals surface area contributed by atoms with Crippen molar-refractivity contribution in [2.45, 2.75) is 19.1 Å². The van der Waals surface area contributed by atoms with Crippen LogP contribution in [-0.2, 0) is 6.54 Å². The molecule has 0 saturated heterocycles. The minimum Gasteiger partial charge on any atom is -0.508 e. The van der Waals surface area contributed by atoms with E-state index in [-0.39, 0.29) is 18.9 Å². The molecule has 0 aliphatic heterocycles. The number of hydrogen-bond acceptors (Lipinski definition) is 4. The summed E-state index contributed by atoms with van der Waals surface area (Å²) in [5.41, 5.74) is -0.351. The van der Waals surface area contributed by atoms with Gasteiger partial charge in [0.05, 0.1) is 12.2 Å². The number of benzene rings is 1. The third-order valence-electron chi connectivity index (χ3n) is 2.15. The minimum atomic E-state index is -1.12. The first-order chi connectivity index (χ1) is 7.05. The van der Waals surface area contributed by atoms with Crippen molar-refractivity contribution < 1.29 is 15.3 Å². The summed E-state index contributed by atoms with van der Waals surface area (Å²) in [4.78, 5) is 0. The lowest BCUT2D eigenvalue weighted by Gasteiger charge is -2.20. The zero-order chi connectivity index (χ0) is 11.3. The van der Waals surface area contributed by atoms with Crippen LogP contribution in [0.1, 0.15) is 12.5 Å². The zero-order valence-electron chi connectivity index (χ0n) is 8.77. The van der Waals surface area contributed by atoms with Crippen LogP contribution in [0.25, 0.3) is 0 Å². The number of phenolic OH excluding ortho intramolecular Hbond substituents is 1. The molecule has 84 valence electrons. The Kier molecular flexibility index (Phi) is 4.08. The molecule has 1 aromatic carbocycles. The molecule has 0 aliphatic carbocycles. The van der Waals surface area contributed by atoms with E-state index in [1.807, 2.05) is 6.07 Å². The number of nitrogens with one attached hydrogen (secondary N) is 1. The van der Waals surface area contributed by atoms with Crippen molar-refractivity contribution in [1.29, 1.82) is 0 Å². The predicted octanol–water partition coefficient (Wildman–Crippen LogP) is 0.225. The van der Waals surface area contributed by atoms with E-state index in [4.69, 9.17) is 5.11 Å². The molecule has 1 rings (SSSR count). The molecule has 1 aromatic rings. The molecule has 0 saturated carbocycles. The molecule has 0 aromatic heterocycles. The quantitative estimate of drug-likeness (QED) is 0.562. The SMILES string of the molecule is CC(O)(CO)CNCc1ccccc1O. The van der Waals surface area contributed by atoms with E-state index < -0.39 is 5.60 Å². The van der Waals surface area contributed by atoms with E-state index >= 15 is 0 Å². The summed E-state index contributed by atoms with van der Waals surface area (Å²) in [6.45, 7) is 1.99. The largest absolute Gasteiger partial charge is 0.508 e. The van der Waals surface area contributed by atoms with E-state index in [1.54, 1.807) is 25.1 Å². The van der Waals surface area contributed by atoms with Gasteiger partial charge in [0.25, 0.3) is 0 Å². The number of phenols is 1. The maximum absolute atomic E-state index is 9.50. The lowest BCUT2D eigenvalue weighted by Crippen LogP contribution is -2.40. The number of para-hydroxylation sites is 1. The summed E-state index contributed by atoms with van der Waals surface area (Å²) in [7, 11) is 0. The van der Waals surface area contributed by atoms with Gasteiger partial charge in [0, 0.05) is 18.7 Å². The zero-order valence-corrected chi connectivity index (χ0v) is 8.77. The predicted molar refractivity (Wildman–Crippen MR) is 57.5 cm³/mol. The van der Waals surface area contributed by atoms with Crippen LogP contribution in [0.15, 0.2) is 24.3 Å². The Bertz CT molecular complexity index is 312. The van der Waals surface area contributed by atoms with Crippen LogP contribution in [0.4, 0.5) is 0 Å². The molecule has 4 N–H and O–H groups in total. The summed E-state index contributed by atoms with van der Waals surface area (Å²) in [6.07, 6.45) is 0. The molecule has 0 spiro atoms. The van der Waals surface area contributed by atoms with Gasteiger partial charge in [-0.1, -0.05) is 18.2 Å². The van der Waals surface area contributed by atoms with Gasteiger partial charge in [-0.15, -0.1) is 0 Å². The average molecular weight is 211 g/mol. The minimum absolute atomic E-state index is 0.230. The summed E-state index contributed by atoms with van der Waals surface area (Å²) in [5.74, 6) is 0.230. The lowest BCUT2D eigenvalue weighted by molar-refractivity contribution is 0.00250. The molecule has 4 nitrogen and oxygen atoms in total. The fraction of sp³-hybridized carbons (Fsp3) is 0.455. The molecular weight excluding hydrogens is 194 g/mol. The molecule has 0 aliphatic rings. The van der Waals surface area contributed by atoms with Crippen LogP contribution in [0, 0.1) is 0 Å². The molecule has 15 heavy (non-hydrogen) atoms.